The van der Waals surface area contributed by atoms with Gasteiger partial charge in [-0.3, -0.25) is 4.98 Å². The lowest BCUT2D eigenvalue weighted by atomic mass is 10.1. The molecule has 0 aliphatic carbocycles. The number of pyridine rings is 2. The number of hydrazine groups is 1. The average Bonchev–Trinajstić information content (AvgIpc) is 2.45. The van der Waals surface area contributed by atoms with Gasteiger partial charge in [0.2, 0.25) is 0 Å². The molecule has 0 bridgehead atoms. The van der Waals surface area contributed by atoms with E-state index in [9.17, 15) is 0 Å². The van der Waals surface area contributed by atoms with Crippen LogP contribution in [0.3, 0.4) is 0 Å². The van der Waals surface area contributed by atoms with Crippen molar-refractivity contribution in [3.05, 3.63) is 42.2 Å². The van der Waals surface area contributed by atoms with Crippen molar-refractivity contribution in [3.8, 4) is 0 Å². The molecule has 0 atom stereocenters. The highest BCUT2D eigenvalue weighted by molar-refractivity contribution is 6.05. The van der Waals surface area contributed by atoms with E-state index in [2.05, 4.69) is 40.5 Å². The molecule has 18 heavy (non-hydrogen) atoms. The first kappa shape index (κ1) is 10.9. The highest BCUT2D eigenvalue weighted by atomic mass is 15.2. The summed E-state index contributed by atoms with van der Waals surface area (Å²) in [5.74, 6) is 6.27. The number of nitrogens with zero attached hydrogens (tertiary/aromatic N) is 2. The van der Waals surface area contributed by atoms with Crippen LogP contribution >= 0.6 is 0 Å². The number of nitrogens with one attached hydrogen (secondary N) is 1. The van der Waals surface area contributed by atoms with E-state index in [4.69, 9.17) is 5.84 Å². The Morgan fingerprint density at radius 1 is 1.22 bits per heavy atom. The zero-order valence-electron chi connectivity index (χ0n) is 10.1. The molecule has 2 aromatic heterocycles. The van der Waals surface area contributed by atoms with Crippen molar-refractivity contribution < 1.29 is 0 Å². The Labute approximate surface area is 105 Å². The number of fused-ring (bicyclic) bond motifs is 3. The van der Waals surface area contributed by atoms with Gasteiger partial charge < -0.3 is 5.43 Å². The van der Waals surface area contributed by atoms with Crippen molar-refractivity contribution >= 4 is 27.5 Å². The molecule has 0 aliphatic heterocycles. The highest BCUT2D eigenvalue weighted by Crippen LogP contribution is 2.26. The van der Waals surface area contributed by atoms with Crippen molar-refractivity contribution in [3.63, 3.8) is 0 Å². The fourth-order valence-electron chi connectivity index (χ4n) is 2.24. The van der Waals surface area contributed by atoms with Crippen molar-refractivity contribution in [1.29, 1.82) is 0 Å². The van der Waals surface area contributed by atoms with Gasteiger partial charge in [0, 0.05) is 23.2 Å². The minimum atomic E-state index is 0.737. The van der Waals surface area contributed by atoms with Crippen LogP contribution in [0.25, 0.3) is 21.7 Å². The monoisotopic (exact) mass is 238 g/mol. The largest absolute Gasteiger partial charge is 0.308 e. The summed E-state index contributed by atoms with van der Waals surface area (Å²) in [4.78, 5) is 8.79. The molecule has 2 heterocycles. The van der Waals surface area contributed by atoms with Crippen LogP contribution in [0.1, 0.15) is 12.5 Å². The second-order valence-electron chi connectivity index (χ2n) is 4.23. The smallest absolute Gasteiger partial charge is 0.143 e. The first-order valence-corrected chi connectivity index (χ1v) is 5.96. The summed E-state index contributed by atoms with van der Waals surface area (Å²) in [6, 6.07) is 8.30. The van der Waals surface area contributed by atoms with Crippen LogP contribution in [0.5, 0.6) is 0 Å². The molecule has 0 spiro atoms. The predicted octanol–water partition coefficient (Wildman–Crippen LogP) is 2.63. The van der Waals surface area contributed by atoms with Gasteiger partial charge in [0.05, 0.1) is 5.52 Å². The van der Waals surface area contributed by atoms with E-state index in [1.165, 1.54) is 0 Å². The van der Waals surface area contributed by atoms with Gasteiger partial charge >= 0.3 is 0 Å². The Balaban J connectivity index is 2.43. The Morgan fingerprint density at radius 2 is 2.06 bits per heavy atom. The van der Waals surface area contributed by atoms with Crippen LogP contribution in [-0.2, 0) is 6.42 Å². The summed E-state index contributed by atoms with van der Waals surface area (Å²) in [5.41, 5.74) is 4.73. The molecule has 3 N–H and O–H groups in total. The van der Waals surface area contributed by atoms with E-state index in [0.717, 1.165) is 39.5 Å². The summed E-state index contributed by atoms with van der Waals surface area (Å²) in [6.45, 7) is 2.09. The molecule has 4 heteroatoms. The molecule has 4 nitrogen and oxygen atoms in total. The van der Waals surface area contributed by atoms with E-state index >= 15 is 0 Å². The Hall–Kier alpha value is -2.20. The summed E-state index contributed by atoms with van der Waals surface area (Å²) in [5, 5.41) is 3.30. The van der Waals surface area contributed by atoms with Crippen LogP contribution < -0.4 is 11.3 Å². The highest BCUT2D eigenvalue weighted by Gasteiger charge is 2.07. The minimum absolute atomic E-state index is 0.737. The van der Waals surface area contributed by atoms with E-state index < -0.39 is 0 Å². The van der Waals surface area contributed by atoms with Crippen molar-refractivity contribution in [1.82, 2.24) is 9.97 Å². The Kier molecular flexibility index (Phi) is 2.57. The summed E-state index contributed by atoms with van der Waals surface area (Å²) in [7, 11) is 0. The Morgan fingerprint density at radius 3 is 2.83 bits per heavy atom. The van der Waals surface area contributed by atoms with Crippen LogP contribution in [0, 0.1) is 0 Å². The topological polar surface area (TPSA) is 63.8 Å². The molecule has 0 saturated heterocycles. The first-order valence-electron chi connectivity index (χ1n) is 5.96. The molecular weight excluding hydrogens is 224 g/mol. The van der Waals surface area contributed by atoms with Crippen LogP contribution in [0.2, 0.25) is 0 Å². The molecule has 1 aromatic carbocycles. The van der Waals surface area contributed by atoms with Crippen LogP contribution in [-0.4, -0.2) is 9.97 Å². The molecule has 0 unspecified atom stereocenters. The van der Waals surface area contributed by atoms with Gasteiger partial charge in [0.1, 0.15) is 5.82 Å². The maximum absolute atomic E-state index is 5.53. The van der Waals surface area contributed by atoms with Gasteiger partial charge in [-0.15, -0.1) is 0 Å². The van der Waals surface area contributed by atoms with Gasteiger partial charge in [-0.25, -0.2) is 10.8 Å². The number of aryl methyl sites for hydroxylation is 1. The van der Waals surface area contributed by atoms with Gasteiger partial charge in [-0.2, -0.15) is 0 Å². The third-order valence-electron chi connectivity index (χ3n) is 3.20. The molecule has 90 valence electrons. The fourth-order valence-corrected chi connectivity index (χ4v) is 2.24. The first-order chi connectivity index (χ1) is 8.83. The van der Waals surface area contributed by atoms with Gasteiger partial charge in [0.25, 0.3) is 0 Å². The quantitative estimate of drug-likeness (QED) is 0.409. The normalized spacial score (nSPS) is 11.0. The van der Waals surface area contributed by atoms with E-state index in [1.807, 2.05) is 12.3 Å². The molecular formula is C14H14N4. The lowest BCUT2D eigenvalue weighted by molar-refractivity contribution is 1.10. The third kappa shape index (κ3) is 1.58. The SMILES string of the molecule is CCc1cc2ccc3ccncc3c2nc1NN. The summed E-state index contributed by atoms with van der Waals surface area (Å²) < 4.78 is 0. The summed E-state index contributed by atoms with van der Waals surface area (Å²) in [6.07, 6.45) is 4.53. The van der Waals surface area contributed by atoms with E-state index in [0.29, 0.717) is 0 Å². The lowest BCUT2D eigenvalue weighted by Gasteiger charge is -2.09. The number of hydrogen-bond acceptors (Lipinski definition) is 4. The molecule has 0 amide bonds. The van der Waals surface area contributed by atoms with Crippen LogP contribution in [0.15, 0.2) is 36.7 Å². The zero-order chi connectivity index (χ0) is 12.5. The number of benzene rings is 1. The van der Waals surface area contributed by atoms with Crippen molar-refractivity contribution in [2.45, 2.75) is 13.3 Å². The third-order valence-corrected chi connectivity index (χ3v) is 3.20. The van der Waals surface area contributed by atoms with Gasteiger partial charge in [0.15, 0.2) is 0 Å². The van der Waals surface area contributed by atoms with E-state index in [-0.39, 0.29) is 0 Å². The number of anilines is 1. The maximum atomic E-state index is 5.53. The number of nitrogen functional groups attached to an aromatic ring is 1. The maximum Gasteiger partial charge on any atom is 0.143 e. The molecule has 0 saturated carbocycles. The van der Waals surface area contributed by atoms with Crippen molar-refractivity contribution in [2.75, 3.05) is 5.43 Å². The number of nitrogens with two attached hydrogens (primary N) is 1. The van der Waals surface area contributed by atoms with Crippen molar-refractivity contribution in [2.24, 2.45) is 5.84 Å². The van der Waals surface area contributed by atoms with Crippen LogP contribution in [0.4, 0.5) is 5.82 Å². The minimum Gasteiger partial charge on any atom is -0.308 e. The number of aromatic nitrogens is 2. The predicted molar refractivity (Wildman–Crippen MR) is 74.2 cm³/mol. The number of rotatable bonds is 2. The molecule has 3 aromatic rings. The van der Waals surface area contributed by atoms with E-state index in [1.54, 1.807) is 6.20 Å². The van der Waals surface area contributed by atoms with Gasteiger partial charge in [-0.1, -0.05) is 19.1 Å². The second-order valence-corrected chi connectivity index (χ2v) is 4.23. The molecule has 0 aliphatic rings. The lowest BCUT2D eigenvalue weighted by Crippen LogP contribution is -2.11. The molecule has 3 rings (SSSR count). The second kappa shape index (κ2) is 4.23. The molecule has 0 fully saturated rings. The average molecular weight is 238 g/mol. The molecule has 0 radical (unpaired) electrons. The Bertz CT molecular complexity index is 721. The number of hydrogen-bond donors (Lipinski definition) is 2. The summed E-state index contributed by atoms with van der Waals surface area (Å²) >= 11 is 0. The zero-order valence-corrected chi connectivity index (χ0v) is 10.1. The fraction of sp³-hybridized carbons (Fsp3) is 0.143. The van der Waals surface area contributed by atoms with Gasteiger partial charge in [-0.05, 0) is 29.5 Å². The standard InChI is InChI=1S/C14H14N4/c1-2-9-7-11-4-3-10-5-6-16-8-12(10)13(11)17-14(9)18-15/h3-8H,2,15H2,1H3,(H,17,18).